The highest BCUT2D eigenvalue weighted by Crippen LogP contribution is 2.15. The van der Waals surface area contributed by atoms with Crippen LogP contribution in [-0.2, 0) is 6.54 Å². The highest BCUT2D eigenvalue weighted by molar-refractivity contribution is 9.10. The number of nitrogens with two attached hydrogens (primary N) is 1. The summed E-state index contributed by atoms with van der Waals surface area (Å²) in [5.74, 6) is -0.0281. The molecular weight excluding hydrogens is 304 g/mol. The first kappa shape index (κ1) is 12.0. The highest BCUT2D eigenvalue weighted by atomic mass is 79.9. The van der Waals surface area contributed by atoms with Crippen LogP contribution in [0.1, 0.15) is 15.2 Å². The van der Waals surface area contributed by atoms with Crippen molar-refractivity contribution in [2.24, 2.45) is 0 Å². The van der Waals surface area contributed by atoms with Gasteiger partial charge in [-0.05, 0) is 22.0 Å². The van der Waals surface area contributed by atoms with Crippen molar-refractivity contribution in [2.75, 3.05) is 5.73 Å². The van der Waals surface area contributed by atoms with Gasteiger partial charge in [0.05, 0.1) is 17.6 Å². The van der Waals surface area contributed by atoms with Crippen LogP contribution < -0.4 is 11.1 Å². The summed E-state index contributed by atoms with van der Waals surface area (Å²) < 4.78 is 0.717. The van der Waals surface area contributed by atoms with Crippen LogP contribution in [0.15, 0.2) is 28.4 Å². The lowest BCUT2D eigenvalue weighted by molar-refractivity contribution is 0.0952. The number of amides is 1. The number of aromatic nitrogens is 2. The van der Waals surface area contributed by atoms with Gasteiger partial charge in [0.2, 0.25) is 0 Å². The summed E-state index contributed by atoms with van der Waals surface area (Å²) in [5.41, 5.74) is 7.72. The van der Waals surface area contributed by atoms with Crippen molar-refractivity contribution in [2.45, 2.75) is 6.54 Å². The largest absolute Gasteiger partial charge is 0.383 e. The standard InChI is InChI=1S/C10H9BrN4OS/c11-6-1-8(9(12)14-2-6)10(16)15-4-7-3-13-5-17-7/h1-3,5H,4H2,(H2,12,14)(H,15,16). The molecular formula is C10H9BrN4OS. The number of carbonyl (C=O) groups excluding carboxylic acids is 1. The van der Waals surface area contributed by atoms with E-state index >= 15 is 0 Å². The molecule has 3 N–H and O–H groups in total. The first-order valence-electron chi connectivity index (χ1n) is 4.73. The summed E-state index contributed by atoms with van der Waals surface area (Å²) in [5, 5.41) is 2.76. The summed E-state index contributed by atoms with van der Waals surface area (Å²) in [6.45, 7) is 0.440. The number of nitrogens with zero attached hydrogens (tertiary/aromatic N) is 2. The minimum absolute atomic E-state index is 0.218. The SMILES string of the molecule is Nc1ncc(Br)cc1C(=O)NCc1cncs1. The summed E-state index contributed by atoms with van der Waals surface area (Å²) >= 11 is 4.73. The monoisotopic (exact) mass is 312 g/mol. The number of nitrogen functional groups attached to an aromatic ring is 1. The summed E-state index contributed by atoms with van der Waals surface area (Å²) in [4.78, 5) is 20.7. The number of thiazole rings is 1. The van der Waals surface area contributed by atoms with E-state index in [1.54, 1.807) is 24.0 Å². The van der Waals surface area contributed by atoms with Crippen LogP contribution in [0.5, 0.6) is 0 Å². The molecule has 0 aromatic carbocycles. The summed E-state index contributed by atoms with van der Waals surface area (Å²) in [6, 6.07) is 1.64. The molecule has 0 unspecified atom stereocenters. The second-order valence-electron chi connectivity index (χ2n) is 3.24. The molecule has 0 aliphatic rings. The zero-order valence-electron chi connectivity index (χ0n) is 8.68. The van der Waals surface area contributed by atoms with E-state index in [1.807, 2.05) is 0 Å². The Hall–Kier alpha value is -1.47. The van der Waals surface area contributed by atoms with Crippen molar-refractivity contribution < 1.29 is 4.79 Å². The van der Waals surface area contributed by atoms with Crippen LogP contribution in [0.4, 0.5) is 5.82 Å². The maximum absolute atomic E-state index is 11.8. The van der Waals surface area contributed by atoms with E-state index in [-0.39, 0.29) is 11.7 Å². The fourth-order valence-corrected chi connectivity index (χ4v) is 2.09. The zero-order chi connectivity index (χ0) is 12.3. The molecule has 17 heavy (non-hydrogen) atoms. The van der Waals surface area contributed by atoms with Gasteiger partial charge in [0.1, 0.15) is 5.82 Å². The van der Waals surface area contributed by atoms with Crippen LogP contribution in [0, 0.1) is 0 Å². The van der Waals surface area contributed by atoms with E-state index in [4.69, 9.17) is 5.73 Å². The molecule has 0 aliphatic heterocycles. The van der Waals surface area contributed by atoms with Gasteiger partial charge < -0.3 is 11.1 Å². The number of nitrogens with one attached hydrogen (secondary N) is 1. The average Bonchev–Trinajstić information content (AvgIpc) is 2.82. The molecule has 2 rings (SSSR count). The molecule has 88 valence electrons. The van der Waals surface area contributed by atoms with Crippen LogP contribution in [-0.4, -0.2) is 15.9 Å². The van der Waals surface area contributed by atoms with Gasteiger partial charge >= 0.3 is 0 Å². The number of pyridine rings is 1. The van der Waals surface area contributed by atoms with Crippen molar-refractivity contribution in [1.29, 1.82) is 0 Å². The maximum Gasteiger partial charge on any atom is 0.255 e. The number of hydrogen-bond acceptors (Lipinski definition) is 5. The third-order valence-electron chi connectivity index (χ3n) is 2.04. The molecule has 0 saturated carbocycles. The van der Waals surface area contributed by atoms with Gasteiger partial charge in [0, 0.05) is 21.7 Å². The van der Waals surface area contributed by atoms with Crippen molar-refractivity contribution >= 4 is 39.0 Å². The van der Waals surface area contributed by atoms with Crippen LogP contribution >= 0.6 is 27.3 Å². The van der Waals surface area contributed by atoms with E-state index in [0.717, 1.165) is 9.35 Å². The van der Waals surface area contributed by atoms with Crippen molar-refractivity contribution in [3.63, 3.8) is 0 Å². The minimum atomic E-state index is -0.246. The lowest BCUT2D eigenvalue weighted by Crippen LogP contribution is -2.23. The summed E-state index contributed by atoms with van der Waals surface area (Å²) in [6.07, 6.45) is 3.27. The molecule has 0 spiro atoms. The van der Waals surface area contributed by atoms with Crippen LogP contribution in [0.3, 0.4) is 0 Å². The van der Waals surface area contributed by atoms with Gasteiger partial charge in [-0.1, -0.05) is 0 Å². The van der Waals surface area contributed by atoms with E-state index in [1.165, 1.54) is 11.3 Å². The lowest BCUT2D eigenvalue weighted by atomic mass is 10.2. The van der Waals surface area contributed by atoms with E-state index in [0.29, 0.717) is 12.1 Å². The third kappa shape index (κ3) is 3.01. The van der Waals surface area contributed by atoms with Crippen molar-refractivity contribution in [3.8, 4) is 0 Å². The number of rotatable bonds is 3. The number of halogens is 1. The van der Waals surface area contributed by atoms with E-state index < -0.39 is 0 Å². The van der Waals surface area contributed by atoms with E-state index in [2.05, 4.69) is 31.2 Å². The number of anilines is 1. The van der Waals surface area contributed by atoms with E-state index in [9.17, 15) is 4.79 Å². The molecule has 5 nitrogen and oxygen atoms in total. The average molecular weight is 313 g/mol. The maximum atomic E-state index is 11.8. The topological polar surface area (TPSA) is 80.9 Å². The first-order valence-corrected chi connectivity index (χ1v) is 6.40. The predicted octanol–water partition coefficient (Wildman–Crippen LogP) is 1.81. The molecule has 0 saturated heterocycles. The van der Waals surface area contributed by atoms with Crippen molar-refractivity contribution in [3.05, 3.63) is 38.9 Å². The second-order valence-corrected chi connectivity index (χ2v) is 5.12. The Balaban J connectivity index is 2.07. The summed E-state index contributed by atoms with van der Waals surface area (Å²) in [7, 11) is 0. The van der Waals surface area contributed by atoms with Gasteiger partial charge in [-0.15, -0.1) is 11.3 Å². The van der Waals surface area contributed by atoms with Gasteiger partial charge in [0.25, 0.3) is 5.91 Å². The molecule has 1 amide bonds. The Morgan fingerprint density at radius 3 is 3.06 bits per heavy atom. The number of hydrogen-bond donors (Lipinski definition) is 2. The van der Waals surface area contributed by atoms with Gasteiger partial charge in [-0.3, -0.25) is 9.78 Å². The Kier molecular flexibility index (Phi) is 3.70. The molecule has 0 radical (unpaired) electrons. The fraction of sp³-hybridized carbons (Fsp3) is 0.100. The smallest absolute Gasteiger partial charge is 0.255 e. The zero-order valence-corrected chi connectivity index (χ0v) is 11.1. The minimum Gasteiger partial charge on any atom is -0.383 e. The Labute approximate surface area is 110 Å². The van der Waals surface area contributed by atoms with Gasteiger partial charge in [0.15, 0.2) is 0 Å². The van der Waals surface area contributed by atoms with Crippen LogP contribution in [0.2, 0.25) is 0 Å². The molecule has 7 heteroatoms. The van der Waals surface area contributed by atoms with Gasteiger partial charge in [-0.2, -0.15) is 0 Å². The fourth-order valence-electron chi connectivity index (χ4n) is 1.22. The van der Waals surface area contributed by atoms with Crippen molar-refractivity contribution in [1.82, 2.24) is 15.3 Å². The lowest BCUT2D eigenvalue weighted by Gasteiger charge is -2.05. The van der Waals surface area contributed by atoms with Crippen LogP contribution in [0.25, 0.3) is 0 Å². The molecule has 2 aromatic heterocycles. The molecule has 0 bridgehead atoms. The van der Waals surface area contributed by atoms with Gasteiger partial charge in [-0.25, -0.2) is 4.98 Å². The Morgan fingerprint density at radius 1 is 1.53 bits per heavy atom. The quantitative estimate of drug-likeness (QED) is 0.905. The molecule has 0 fully saturated rings. The number of carbonyl (C=O) groups is 1. The first-order chi connectivity index (χ1) is 8.16. The Morgan fingerprint density at radius 2 is 2.35 bits per heavy atom. The molecule has 2 aromatic rings. The normalized spacial score (nSPS) is 10.2. The molecule has 2 heterocycles. The third-order valence-corrected chi connectivity index (χ3v) is 3.25. The Bertz CT molecular complexity index is 529. The predicted molar refractivity (Wildman–Crippen MR) is 69.6 cm³/mol. The molecule has 0 aliphatic carbocycles. The molecule has 0 atom stereocenters. The highest BCUT2D eigenvalue weighted by Gasteiger charge is 2.11. The second kappa shape index (κ2) is 5.24.